The number of benzene rings is 3. The van der Waals surface area contributed by atoms with Crippen LogP contribution < -0.4 is 9.64 Å². The van der Waals surface area contributed by atoms with E-state index < -0.39 is 0 Å². The maximum atomic E-state index is 13.5. The highest BCUT2D eigenvalue weighted by atomic mass is 16.5. The van der Waals surface area contributed by atoms with E-state index in [0.717, 1.165) is 16.8 Å². The zero-order valence-electron chi connectivity index (χ0n) is 18.8. The lowest BCUT2D eigenvalue weighted by molar-refractivity contribution is -0.134. The molecule has 0 aliphatic carbocycles. The van der Waals surface area contributed by atoms with Crippen molar-refractivity contribution in [2.75, 3.05) is 38.3 Å². The molecule has 0 N–H and O–H groups in total. The van der Waals surface area contributed by atoms with Crippen molar-refractivity contribution in [2.45, 2.75) is 13.0 Å². The van der Waals surface area contributed by atoms with Gasteiger partial charge >= 0.3 is 0 Å². The summed E-state index contributed by atoms with van der Waals surface area (Å²) in [6, 6.07) is 24.7. The molecule has 33 heavy (non-hydrogen) atoms. The molecule has 3 aromatic carbocycles. The number of hydrogen-bond acceptors (Lipinski definition) is 4. The molecule has 3 aromatic rings. The van der Waals surface area contributed by atoms with Crippen LogP contribution in [0.4, 0.5) is 5.69 Å². The first-order valence-electron chi connectivity index (χ1n) is 11.1. The van der Waals surface area contributed by atoms with E-state index in [9.17, 15) is 9.59 Å². The van der Waals surface area contributed by atoms with Gasteiger partial charge in [0, 0.05) is 24.3 Å². The Morgan fingerprint density at radius 3 is 2.33 bits per heavy atom. The molecule has 0 spiro atoms. The molecule has 0 saturated carbocycles. The lowest BCUT2D eigenvalue weighted by Crippen LogP contribution is -2.41. The van der Waals surface area contributed by atoms with Gasteiger partial charge in [0.2, 0.25) is 5.91 Å². The minimum Gasteiger partial charge on any atom is -0.497 e. The molecule has 0 aromatic heterocycles. The van der Waals surface area contributed by atoms with Gasteiger partial charge in [-0.05, 0) is 41.5 Å². The Morgan fingerprint density at radius 1 is 0.909 bits per heavy atom. The lowest BCUT2D eigenvalue weighted by atomic mass is 10.1. The number of carbonyl (C=O) groups excluding carboxylic acids is 2. The third kappa shape index (κ3) is 5.79. The van der Waals surface area contributed by atoms with Crippen LogP contribution in [-0.2, 0) is 22.5 Å². The van der Waals surface area contributed by atoms with E-state index >= 15 is 0 Å². The summed E-state index contributed by atoms with van der Waals surface area (Å²) in [4.78, 5) is 29.6. The van der Waals surface area contributed by atoms with Crippen LogP contribution >= 0.6 is 0 Å². The van der Waals surface area contributed by atoms with Crippen molar-refractivity contribution >= 4 is 17.5 Å². The molecule has 0 unspecified atom stereocenters. The number of methoxy groups -OCH3 is 1. The van der Waals surface area contributed by atoms with Gasteiger partial charge in [-0.2, -0.15) is 0 Å². The maximum absolute atomic E-state index is 13.5. The zero-order chi connectivity index (χ0) is 23.0. The predicted octanol–water partition coefficient (Wildman–Crippen LogP) is 3.94. The molecule has 1 aliphatic rings. The van der Waals surface area contributed by atoms with Gasteiger partial charge < -0.3 is 19.3 Å². The average Bonchev–Trinajstić information content (AvgIpc) is 2.88. The standard InChI is InChI=1S/C27H28N2O4/c1-32-25-9-5-8-23(19-25)27(31)29(20-22-6-3-2-4-7-22)24-12-10-21(11-13-24)18-26(30)28-14-16-33-17-15-28/h2-13,19H,14-18,20H2,1H3. The number of anilines is 1. The van der Waals surface area contributed by atoms with E-state index in [1.54, 1.807) is 24.1 Å². The van der Waals surface area contributed by atoms with E-state index in [2.05, 4.69) is 0 Å². The van der Waals surface area contributed by atoms with Crippen LogP contribution in [0.2, 0.25) is 0 Å². The molecule has 1 fully saturated rings. The second-order valence-electron chi connectivity index (χ2n) is 7.95. The summed E-state index contributed by atoms with van der Waals surface area (Å²) >= 11 is 0. The monoisotopic (exact) mass is 444 g/mol. The first-order valence-corrected chi connectivity index (χ1v) is 11.1. The Morgan fingerprint density at radius 2 is 1.64 bits per heavy atom. The van der Waals surface area contributed by atoms with Gasteiger partial charge in [-0.1, -0.05) is 48.5 Å². The molecule has 0 atom stereocenters. The van der Waals surface area contributed by atoms with Crippen LogP contribution in [-0.4, -0.2) is 50.1 Å². The molecule has 1 saturated heterocycles. The van der Waals surface area contributed by atoms with Gasteiger partial charge in [0.1, 0.15) is 5.75 Å². The van der Waals surface area contributed by atoms with Crippen molar-refractivity contribution in [2.24, 2.45) is 0 Å². The second-order valence-corrected chi connectivity index (χ2v) is 7.95. The van der Waals surface area contributed by atoms with E-state index in [4.69, 9.17) is 9.47 Å². The largest absolute Gasteiger partial charge is 0.497 e. The molecule has 1 heterocycles. The summed E-state index contributed by atoms with van der Waals surface area (Å²) in [7, 11) is 1.59. The first-order chi connectivity index (χ1) is 16.1. The van der Waals surface area contributed by atoms with Crippen molar-refractivity contribution in [1.82, 2.24) is 4.90 Å². The van der Waals surface area contributed by atoms with E-state index in [1.165, 1.54) is 0 Å². The van der Waals surface area contributed by atoms with Crippen LogP contribution in [0.5, 0.6) is 5.75 Å². The normalized spacial score (nSPS) is 13.4. The zero-order valence-corrected chi connectivity index (χ0v) is 18.8. The molecule has 1 aliphatic heterocycles. The van der Waals surface area contributed by atoms with Crippen LogP contribution in [0.1, 0.15) is 21.5 Å². The number of carbonyl (C=O) groups is 2. The number of hydrogen-bond donors (Lipinski definition) is 0. The molecule has 0 bridgehead atoms. The van der Waals surface area contributed by atoms with Gasteiger partial charge in [0.15, 0.2) is 0 Å². The van der Waals surface area contributed by atoms with Gasteiger partial charge in [-0.3, -0.25) is 9.59 Å². The summed E-state index contributed by atoms with van der Waals surface area (Å²) in [5.41, 5.74) is 3.27. The number of rotatable bonds is 7. The van der Waals surface area contributed by atoms with Crippen molar-refractivity contribution in [3.63, 3.8) is 0 Å². The number of morpholine rings is 1. The topological polar surface area (TPSA) is 59.1 Å². The first kappa shape index (κ1) is 22.6. The SMILES string of the molecule is COc1cccc(C(=O)N(Cc2ccccc2)c2ccc(CC(=O)N3CCOCC3)cc2)c1. The van der Waals surface area contributed by atoms with Crippen LogP contribution in [0.25, 0.3) is 0 Å². The molecular weight excluding hydrogens is 416 g/mol. The molecular formula is C27H28N2O4. The Hall–Kier alpha value is -3.64. The summed E-state index contributed by atoms with van der Waals surface area (Å²) in [5, 5.41) is 0. The summed E-state index contributed by atoms with van der Waals surface area (Å²) in [6.07, 6.45) is 0.336. The minimum absolute atomic E-state index is 0.0969. The molecule has 170 valence electrons. The number of ether oxygens (including phenoxy) is 2. The highest BCUT2D eigenvalue weighted by molar-refractivity contribution is 6.06. The predicted molar refractivity (Wildman–Crippen MR) is 127 cm³/mol. The molecule has 6 heteroatoms. The van der Waals surface area contributed by atoms with Crippen molar-refractivity contribution in [3.05, 3.63) is 95.6 Å². The fourth-order valence-corrected chi connectivity index (χ4v) is 3.85. The van der Waals surface area contributed by atoms with Crippen LogP contribution in [0.15, 0.2) is 78.9 Å². The molecule has 0 radical (unpaired) electrons. The van der Waals surface area contributed by atoms with E-state index in [0.29, 0.717) is 50.6 Å². The van der Waals surface area contributed by atoms with E-state index in [-0.39, 0.29) is 11.8 Å². The summed E-state index contributed by atoms with van der Waals surface area (Å²) in [6.45, 7) is 2.88. The van der Waals surface area contributed by atoms with Crippen LogP contribution in [0.3, 0.4) is 0 Å². The second kappa shape index (κ2) is 10.8. The highest BCUT2D eigenvalue weighted by Crippen LogP contribution is 2.23. The van der Waals surface area contributed by atoms with Crippen molar-refractivity contribution in [3.8, 4) is 5.75 Å². The van der Waals surface area contributed by atoms with Gasteiger partial charge in [-0.25, -0.2) is 0 Å². The fourth-order valence-electron chi connectivity index (χ4n) is 3.85. The molecule has 2 amide bonds. The Bertz CT molecular complexity index is 1080. The van der Waals surface area contributed by atoms with Gasteiger partial charge in [0.05, 0.1) is 33.3 Å². The van der Waals surface area contributed by atoms with Crippen molar-refractivity contribution < 1.29 is 19.1 Å². The number of amides is 2. The average molecular weight is 445 g/mol. The molecule has 6 nitrogen and oxygen atoms in total. The van der Waals surface area contributed by atoms with Gasteiger partial charge in [0.25, 0.3) is 5.91 Å². The van der Waals surface area contributed by atoms with E-state index in [1.807, 2.05) is 71.6 Å². The maximum Gasteiger partial charge on any atom is 0.258 e. The Labute approximate surface area is 194 Å². The quantitative estimate of drug-likeness (QED) is 0.554. The Balaban J connectivity index is 1.55. The summed E-state index contributed by atoms with van der Waals surface area (Å²) < 4.78 is 10.6. The fraction of sp³-hybridized carbons (Fsp3) is 0.259. The van der Waals surface area contributed by atoms with Gasteiger partial charge in [-0.15, -0.1) is 0 Å². The smallest absolute Gasteiger partial charge is 0.258 e. The Kier molecular flexibility index (Phi) is 7.37. The molecule has 4 rings (SSSR count). The minimum atomic E-state index is -0.116. The third-order valence-corrected chi connectivity index (χ3v) is 5.71. The highest BCUT2D eigenvalue weighted by Gasteiger charge is 2.20. The number of nitrogens with zero attached hydrogens (tertiary/aromatic N) is 2. The lowest BCUT2D eigenvalue weighted by Gasteiger charge is -2.27. The third-order valence-electron chi connectivity index (χ3n) is 5.71. The summed E-state index contributed by atoms with van der Waals surface area (Å²) in [5.74, 6) is 0.618. The van der Waals surface area contributed by atoms with Crippen molar-refractivity contribution in [1.29, 1.82) is 0 Å². The van der Waals surface area contributed by atoms with Crippen LogP contribution in [0, 0.1) is 0 Å².